The number of rotatable bonds is 6. The molecule has 2 atom stereocenters. The zero-order valence-electron chi connectivity index (χ0n) is 10.8. The van der Waals surface area contributed by atoms with Gasteiger partial charge in [-0.25, -0.2) is 5.10 Å². The Balaban J connectivity index is 3.05. The minimum atomic E-state index is -0.170. The number of nitrogens with one attached hydrogen (secondary N) is 1. The molecule has 1 aromatic heterocycles. The lowest BCUT2D eigenvalue weighted by atomic mass is 9.75. The van der Waals surface area contributed by atoms with E-state index in [0.717, 1.165) is 25.0 Å². The van der Waals surface area contributed by atoms with E-state index >= 15 is 0 Å². The van der Waals surface area contributed by atoms with Gasteiger partial charge in [-0.2, -0.15) is 5.10 Å². The first-order chi connectivity index (χ1) is 8.07. The molecule has 0 radical (unpaired) electrons. The topological polar surface area (TPSA) is 45.8 Å². The average molecular weight is 257 g/mol. The molecule has 0 aliphatic carbocycles. The molecule has 0 aliphatic heterocycles. The summed E-state index contributed by atoms with van der Waals surface area (Å²) in [5, 5.41) is 6.66. The third-order valence-electron chi connectivity index (χ3n) is 3.59. The maximum absolute atomic E-state index is 11.1. The summed E-state index contributed by atoms with van der Waals surface area (Å²) in [6.45, 7) is 6.53. The number of alkyl halides is 1. The van der Waals surface area contributed by atoms with Crippen LogP contribution in [0.1, 0.15) is 45.7 Å². The predicted molar refractivity (Wildman–Crippen MR) is 71.6 cm³/mol. The second kappa shape index (κ2) is 6.20. The van der Waals surface area contributed by atoms with Gasteiger partial charge in [-0.15, -0.1) is 11.6 Å². The van der Waals surface area contributed by atoms with Gasteiger partial charge in [0.15, 0.2) is 0 Å². The van der Waals surface area contributed by atoms with Crippen LogP contribution in [0.3, 0.4) is 0 Å². The van der Waals surface area contributed by atoms with E-state index in [1.54, 1.807) is 6.07 Å². The number of aromatic nitrogens is 2. The molecule has 0 saturated carbocycles. The van der Waals surface area contributed by atoms with E-state index in [1.165, 1.54) is 6.07 Å². The molecule has 4 heteroatoms. The number of hydrogen-bond donors (Lipinski definition) is 1. The number of aromatic amines is 1. The SMILES string of the molecule is CCC(C)CC(CC)(CCl)c1ccc(=O)[nH]n1. The fourth-order valence-corrected chi connectivity index (χ4v) is 2.53. The Bertz CT molecular complexity index is 378. The Kier molecular flexibility index (Phi) is 5.19. The van der Waals surface area contributed by atoms with Crippen LogP contribution >= 0.6 is 11.6 Å². The second-order valence-electron chi connectivity index (χ2n) is 4.79. The molecule has 0 amide bonds. The Morgan fingerprint density at radius 3 is 2.59 bits per heavy atom. The lowest BCUT2D eigenvalue weighted by molar-refractivity contribution is 0.330. The van der Waals surface area contributed by atoms with Crippen molar-refractivity contribution in [2.24, 2.45) is 5.92 Å². The van der Waals surface area contributed by atoms with Crippen LogP contribution in [0.25, 0.3) is 0 Å². The molecule has 0 bridgehead atoms. The van der Waals surface area contributed by atoms with Crippen LogP contribution in [0.5, 0.6) is 0 Å². The van der Waals surface area contributed by atoms with Crippen LogP contribution in [0.15, 0.2) is 16.9 Å². The molecule has 1 N–H and O–H groups in total. The van der Waals surface area contributed by atoms with Crippen molar-refractivity contribution in [3.8, 4) is 0 Å². The van der Waals surface area contributed by atoms with Gasteiger partial charge in [0.05, 0.1) is 5.69 Å². The van der Waals surface area contributed by atoms with Gasteiger partial charge < -0.3 is 0 Å². The number of nitrogens with zero attached hydrogens (tertiary/aromatic N) is 1. The van der Waals surface area contributed by atoms with Crippen molar-refractivity contribution in [1.29, 1.82) is 0 Å². The van der Waals surface area contributed by atoms with Crippen molar-refractivity contribution in [2.45, 2.75) is 45.4 Å². The van der Waals surface area contributed by atoms with E-state index < -0.39 is 0 Å². The van der Waals surface area contributed by atoms with Crippen LogP contribution in [-0.4, -0.2) is 16.1 Å². The van der Waals surface area contributed by atoms with Crippen LogP contribution in [0, 0.1) is 5.92 Å². The number of hydrogen-bond acceptors (Lipinski definition) is 2. The number of H-pyrrole nitrogens is 1. The summed E-state index contributed by atoms with van der Waals surface area (Å²) in [4.78, 5) is 11.1. The van der Waals surface area contributed by atoms with Crippen molar-refractivity contribution in [3.05, 3.63) is 28.2 Å². The molecule has 0 aromatic carbocycles. The van der Waals surface area contributed by atoms with E-state index in [9.17, 15) is 4.79 Å². The fraction of sp³-hybridized carbons (Fsp3) is 0.692. The summed E-state index contributed by atoms with van der Waals surface area (Å²) >= 11 is 6.17. The van der Waals surface area contributed by atoms with E-state index in [2.05, 4.69) is 31.0 Å². The van der Waals surface area contributed by atoms with Gasteiger partial charge in [0.1, 0.15) is 0 Å². The Morgan fingerprint density at radius 2 is 2.18 bits per heavy atom. The highest BCUT2D eigenvalue weighted by Gasteiger charge is 2.32. The highest BCUT2D eigenvalue weighted by molar-refractivity contribution is 6.18. The summed E-state index contributed by atoms with van der Waals surface area (Å²) in [5.74, 6) is 1.13. The van der Waals surface area contributed by atoms with Crippen LogP contribution in [0.2, 0.25) is 0 Å². The first-order valence-electron chi connectivity index (χ1n) is 6.20. The lowest BCUT2D eigenvalue weighted by Gasteiger charge is -2.32. The molecule has 0 spiro atoms. The molecule has 96 valence electrons. The summed E-state index contributed by atoms with van der Waals surface area (Å²) in [7, 11) is 0. The van der Waals surface area contributed by atoms with Crippen LogP contribution in [-0.2, 0) is 5.41 Å². The molecule has 3 nitrogen and oxygen atoms in total. The average Bonchev–Trinajstić information content (AvgIpc) is 2.37. The minimum absolute atomic E-state index is 0.124. The van der Waals surface area contributed by atoms with Gasteiger partial charge in [0.25, 0.3) is 5.56 Å². The lowest BCUT2D eigenvalue weighted by Crippen LogP contribution is -2.32. The zero-order chi connectivity index (χ0) is 12.9. The van der Waals surface area contributed by atoms with E-state index in [-0.39, 0.29) is 11.0 Å². The van der Waals surface area contributed by atoms with Crippen LogP contribution < -0.4 is 5.56 Å². The zero-order valence-corrected chi connectivity index (χ0v) is 11.5. The molecular weight excluding hydrogens is 236 g/mol. The maximum atomic E-state index is 11.1. The van der Waals surface area contributed by atoms with Gasteiger partial charge in [-0.3, -0.25) is 4.79 Å². The highest BCUT2D eigenvalue weighted by atomic mass is 35.5. The van der Waals surface area contributed by atoms with Gasteiger partial charge >= 0.3 is 0 Å². The van der Waals surface area contributed by atoms with E-state index in [0.29, 0.717) is 11.8 Å². The summed E-state index contributed by atoms with van der Waals surface area (Å²) in [6, 6.07) is 3.32. The third kappa shape index (κ3) is 3.32. The second-order valence-corrected chi connectivity index (χ2v) is 5.06. The maximum Gasteiger partial charge on any atom is 0.264 e. The largest absolute Gasteiger partial charge is 0.268 e. The summed E-state index contributed by atoms with van der Waals surface area (Å²) < 4.78 is 0. The van der Waals surface area contributed by atoms with Gasteiger partial charge in [0.2, 0.25) is 0 Å². The normalized spacial score (nSPS) is 16.5. The predicted octanol–water partition coefficient (Wildman–Crippen LogP) is 3.09. The van der Waals surface area contributed by atoms with Crippen molar-refractivity contribution >= 4 is 11.6 Å². The van der Waals surface area contributed by atoms with Crippen molar-refractivity contribution < 1.29 is 0 Å². The minimum Gasteiger partial charge on any atom is -0.268 e. The Labute approximate surface area is 108 Å². The van der Waals surface area contributed by atoms with E-state index in [1.807, 2.05) is 0 Å². The summed E-state index contributed by atoms with van der Waals surface area (Å²) in [5.41, 5.74) is 0.605. The Morgan fingerprint density at radius 1 is 1.47 bits per heavy atom. The monoisotopic (exact) mass is 256 g/mol. The molecule has 0 saturated heterocycles. The first kappa shape index (κ1) is 14.2. The quantitative estimate of drug-likeness (QED) is 0.795. The van der Waals surface area contributed by atoms with E-state index in [4.69, 9.17) is 11.6 Å². The molecule has 0 aliphatic rings. The third-order valence-corrected chi connectivity index (χ3v) is 4.10. The molecule has 1 rings (SSSR count). The smallest absolute Gasteiger partial charge is 0.264 e. The van der Waals surface area contributed by atoms with Gasteiger partial charge in [-0.05, 0) is 24.8 Å². The van der Waals surface area contributed by atoms with Gasteiger partial charge in [0, 0.05) is 17.4 Å². The molecule has 1 heterocycles. The van der Waals surface area contributed by atoms with Crippen molar-refractivity contribution in [1.82, 2.24) is 10.2 Å². The fourth-order valence-electron chi connectivity index (χ4n) is 2.10. The number of halogens is 1. The molecule has 2 unspecified atom stereocenters. The molecule has 1 aromatic rings. The van der Waals surface area contributed by atoms with Crippen molar-refractivity contribution in [3.63, 3.8) is 0 Å². The van der Waals surface area contributed by atoms with Gasteiger partial charge in [-0.1, -0.05) is 27.2 Å². The van der Waals surface area contributed by atoms with Crippen molar-refractivity contribution in [2.75, 3.05) is 5.88 Å². The summed E-state index contributed by atoms with van der Waals surface area (Å²) in [6.07, 6.45) is 3.06. The molecule has 17 heavy (non-hydrogen) atoms. The van der Waals surface area contributed by atoms with Crippen LogP contribution in [0.4, 0.5) is 0 Å². The highest BCUT2D eigenvalue weighted by Crippen LogP contribution is 2.35. The Hall–Kier alpha value is -0.830. The molecule has 0 fully saturated rings. The first-order valence-corrected chi connectivity index (χ1v) is 6.73. The molecular formula is C13H21ClN2O. The standard InChI is InChI=1S/C13H21ClN2O/c1-4-10(3)8-13(5-2,9-14)11-6-7-12(17)16-15-11/h6-7,10H,4-5,8-9H2,1-3H3,(H,16,17).